The van der Waals surface area contributed by atoms with Crippen LogP contribution < -0.4 is 10.2 Å². The third kappa shape index (κ3) is 4.23. The molecule has 146 valence electrons. The minimum absolute atomic E-state index is 0.0435. The molecule has 0 spiro atoms. The summed E-state index contributed by atoms with van der Waals surface area (Å²) in [5, 5.41) is 14.5. The van der Waals surface area contributed by atoms with Crippen molar-refractivity contribution in [1.82, 2.24) is 5.32 Å². The Morgan fingerprint density at radius 1 is 1.29 bits per heavy atom. The van der Waals surface area contributed by atoms with E-state index in [-0.39, 0.29) is 37.0 Å². The number of rotatable bonds is 5. The topological polar surface area (TPSA) is 92.6 Å². The van der Waals surface area contributed by atoms with E-state index in [4.69, 9.17) is 23.2 Å². The summed E-state index contributed by atoms with van der Waals surface area (Å²) in [6.07, 6.45) is -0.0502. The SMILES string of the molecule is O=C(NCc1ccc(Cl)cc1Cl)[C@@H]1CC(=O)N(c2ccc(F)c([N+](=O)[O-])c2)C1. The molecule has 7 nitrogen and oxygen atoms in total. The van der Waals surface area contributed by atoms with Crippen LogP contribution in [0.15, 0.2) is 36.4 Å². The van der Waals surface area contributed by atoms with Crippen LogP contribution in [0, 0.1) is 21.8 Å². The van der Waals surface area contributed by atoms with Gasteiger partial charge in [0.25, 0.3) is 0 Å². The van der Waals surface area contributed by atoms with Crippen molar-refractivity contribution in [2.45, 2.75) is 13.0 Å². The highest BCUT2D eigenvalue weighted by Crippen LogP contribution is 2.30. The van der Waals surface area contributed by atoms with Crippen molar-refractivity contribution in [3.8, 4) is 0 Å². The second-order valence-electron chi connectivity index (χ2n) is 6.25. The van der Waals surface area contributed by atoms with Gasteiger partial charge in [-0.15, -0.1) is 0 Å². The van der Waals surface area contributed by atoms with Crippen molar-refractivity contribution in [2.75, 3.05) is 11.4 Å². The molecular formula is C18H14Cl2FN3O4. The van der Waals surface area contributed by atoms with Crippen molar-refractivity contribution in [3.63, 3.8) is 0 Å². The molecule has 1 fully saturated rings. The monoisotopic (exact) mass is 425 g/mol. The number of amides is 2. The van der Waals surface area contributed by atoms with Gasteiger partial charge >= 0.3 is 5.69 Å². The molecule has 1 aliphatic rings. The van der Waals surface area contributed by atoms with Crippen molar-refractivity contribution in [3.05, 3.63) is 67.9 Å². The van der Waals surface area contributed by atoms with E-state index < -0.39 is 22.3 Å². The number of hydrogen-bond donors (Lipinski definition) is 1. The molecule has 0 unspecified atom stereocenters. The maximum atomic E-state index is 13.5. The average Bonchev–Trinajstić information content (AvgIpc) is 3.03. The van der Waals surface area contributed by atoms with E-state index in [0.717, 1.165) is 12.1 Å². The van der Waals surface area contributed by atoms with Gasteiger partial charge in [0.1, 0.15) is 0 Å². The Labute approximate surface area is 169 Å². The number of nitrogens with one attached hydrogen (secondary N) is 1. The quantitative estimate of drug-likeness (QED) is 0.583. The normalized spacial score (nSPS) is 16.3. The fourth-order valence-corrected chi connectivity index (χ4v) is 3.41. The molecule has 2 aromatic carbocycles. The van der Waals surface area contributed by atoms with Crippen molar-refractivity contribution in [1.29, 1.82) is 0 Å². The van der Waals surface area contributed by atoms with E-state index in [9.17, 15) is 24.1 Å². The summed E-state index contributed by atoms with van der Waals surface area (Å²) in [6, 6.07) is 8.09. The van der Waals surface area contributed by atoms with Crippen molar-refractivity contribution in [2.24, 2.45) is 5.92 Å². The molecule has 1 atom stereocenters. The molecule has 1 saturated heterocycles. The first-order chi connectivity index (χ1) is 13.3. The van der Waals surface area contributed by atoms with Crippen LogP contribution >= 0.6 is 23.2 Å². The molecule has 1 N–H and O–H groups in total. The van der Waals surface area contributed by atoms with Crippen LogP contribution in [-0.2, 0) is 16.1 Å². The van der Waals surface area contributed by atoms with Gasteiger partial charge < -0.3 is 10.2 Å². The van der Waals surface area contributed by atoms with Gasteiger partial charge in [-0.25, -0.2) is 0 Å². The third-order valence-electron chi connectivity index (χ3n) is 4.40. The van der Waals surface area contributed by atoms with Crippen molar-refractivity contribution < 1.29 is 18.9 Å². The van der Waals surface area contributed by atoms with E-state index in [1.165, 1.54) is 11.0 Å². The highest BCUT2D eigenvalue weighted by Gasteiger charge is 2.35. The zero-order valence-electron chi connectivity index (χ0n) is 14.3. The molecule has 2 aromatic rings. The molecule has 0 bridgehead atoms. The molecule has 28 heavy (non-hydrogen) atoms. The first-order valence-electron chi connectivity index (χ1n) is 8.22. The predicted molar refractivity (Wildman–Crippen MR) is 102 cm³/mol. The minimum atomic E-state index is -0.991. The van der Waals surface area contributed by atoms with Gasteiger partial charge in [-0.2, -0.15) is 4.39 Å². The smallest absolute Gasteiger partial charge is 0.306 e. The van der Waals surface area contributed by atoms with E-state index >= 15 is 0 Å². The number of nitrogens with zero attached hydrogens (tertiary/aromatic N) is 2. The second-order valence-corrected chi connectivity index (χ2v) is 7.10. The van der Waals surface area contributed by atoms with Gasteiger partial charge in [0.15, 0.2) is 0 Å². The number of carbonyl (C=O) groups excluding carboxylic acids is 2. The maximum absolute atomic E-state index is 13.5. The highest BCUT2D eigenvalue weighted by molar-refractivity contribution is 6.35. The summed E-state index contributed by atoms with van der Waals surface area (Å²) in [5.74, 6) is -2.35. The lowest BCUT2D eigenvalue weighted by Crippen LogP contribution is -2.32. The Hall–Kier alpha value is -2.71. The second kappa shape index (κ2) is 8.12. The lowest BCUT2D eigenvalue weighted by molar-refractivity contribution is -0.387. The number of nitro groups is 1. The lowest BCUT2D eigenvalue weighted by Gasteiger charge is -2.17. The molecule has 0 saturated carbocycles. The molecule has 3 rings (SSSR count). The van der Waals surface area contributed by atoms with Crippen LogP contribution in [0.1, 0.15) is 12.0 Å². The van der Waals surface area contributed by atoms with E-state index in [1.54, 1.807) is 18.2 Å². The zero-order chi connectivity index (χ0) is 20.4. The Bertz CT molecular complexity index is 970. The van der Waals surface area contributed by atoms with Crippen LogP contribution in [0.3, 0.4) is 0 Å². The first kappa shape index (κ1) is 20.0. The number of benzene rings is 2. The summed E-state index contributed by atoms with van der Waals surface area (Å²) in [6.45, 7) is 0.212. The molecule has 0 aromatic heterocycles. The average molecular weight is 426 g/mol. The van der Waals surface area contributed by atoms with Gasteiger partial charge in [-0.05, 0) is 29.8 Å². The summed E-state index contributed by atoms with van der Waals surface area (Å²) < 4.78 is 13.5. The third-order valence-corrected chi connectivity index (χ3v) is 4.99. The number of nitro benzene ring substituents is 1. The largest absolute Gasteiger partial charge is 0.352 e. The molecule has 0 aliphatic carbocycles. The Balaban J connectivity index is 1.67. The standard InChI is InChI=1S/C18H14Cl2FN3O4/c19-12-2-1-10(14(20)6-12)8-22-18(26)11-5-17(25)23(9-11)13-3-4-15(21)16(7-13)24(27)28/h1-4,6-7,11H,5,8-9H2,(H,22,26)/t11-/m1/s1. The van der Waals surface area contributed by atoms with Gasteiger partial charge in [0.2, 0.25) is 17.6 Å². The van der Waals surface area contributed by atoms with E-state index in [2.05, 4.69) is 5.32 Å². The molecule has 2 amide bonds. The Morgan fingerprint density at radius 2 is 2.04 bits per heavy atom. The molecular weight excluding hydrogens is 412 g/mol. The fourth-order valence-electron chi connectivity index (χ4n) is 2.93. The maximum Gasteiger partial charge on any atom is 0.306 e. The van der Waals surface area contributed by atoms with Crippen LogP contribution in [0.25, 0.3) is 0 Å². The molecule has 10 heteroatoms. The summed E-state index contributed by atoms with van der Waals surface area (Å²) in [4.78, 5) is 36.0. The van der Waals surface area contributed by atoms with Crippen molar-refractivity contribution >= 4 is 46.4 Å². The number of anilines is 1. The Morgan fingerprint density at radius 3 is 2.71 bits per heavy atom. The number of carbonyl (C=O) groups is 2. The van der Waals surface area contributed by atoms with Crippen LogP contribution in [0.2, 0.25) is 10.0 Å². The van der Waals surface area contributed by atoms with Gasteiger partial charge in [-0.1, -0.05) is 29.3 Å². The molecule has 0 radical (unpaired) electrons. The molecule has 1 heterocycles. The number of hydrogen-bond acceptors (Lipinski definition) is 4. The lowest BCUT2D eigenvalue weighted by atomic mass is 10.1. The number of halogens is 3. The predicted octanol–water partition coefficient (Wildman–Crippen LogP) is 3.71. The summed E-state index contributed by atoms with van der Waals surface area (Å²) in [7, 11) is 0. The highest BCUT2D eigenvalue weighted by atomic mass is 35.5. The summed E-state index contributed by atoms with van der Waals surface area (Å²) in [5.41, 5.74) is 0.125. The van der Waals surface area contributed by atoms with E-state index in [0.29, 0.717) is 15.6 Å². The van der Waals surface area contributed by atoms with Gasteiger partial charge in [-0.3, -0.25) is 19.7 Å². The van der Waals surface area contributed by atoms with E-state index in [1.807, 2.05) is 0 Å². The minimum Gasteiger partial charge on any atom is -0.352 e. The van der Waals surface area contributed by atoms with Crippen LogP contribution in [0.4, 0.5) is 15.8 Å². The van der Waals surface area contributed by atoms with Crippen LogP contribution in [-0.4, -0.2) is 23.3 Å². The van der Waals surface area contributed by atoms with Gasteiger partial charge in [0.05, 0.1) is 16.5 Å². The molecule has 1 aliphatic heterocycles. The summed E-state index contributed by atoms with van der Waals surface area (Å²) >= 11 is 11.9. The Kier molecular flexibility index (Phi) is 5.81. The zero-order valence-corrected chi connectivity index (χ0v) is 15.8. The first-order valence-corrected chi connectivity index (χ1v) is 8.98. The van der Waals surface area contributed by atoms with Gasteiger partial charge in [0, 0.05) is 35.6 Å². The van der Waals surface area contributed by atoms with Crippen LogP contribution in [0.5, 0.6) is 0 Å². The fraction of sp³-hybridized carbons (Fsp3) is 0.222.